The van der Waals surface area contributed by atoms with Gasteiger partial charge in [-0.1, -0.05) is 0 Å². The molecule has 2 heterocycles. The topological polar surface area (TPSA) is 158 Å². The first-order valence-corrected chi connectivity index (χ1v) is 12.2. The SMILES string of the molecule is [C-]#[N+]C1=C(c2cc(F)nc(F)c2)/C(=C(/C#N)[N+]#[C-])c2c(C#N)c3c(c(C#N)c21)/C(=C(/C#N)[N+]#[C-])C(c1cc(F)nc(F)c1)=C3C#N. The Morgan fingerprint density at radius 2 is 1.00 bits per heavy atom. The molecule has 210 valence electrons. The van der Waals surface area contributed by atoms with Crippen LogP contribution in [0, 0.1) is 100 Å². The van der Waals surface area contributed by atoms with Crippen molar-refractivity contribution in [1.82, 2.24) is 9.97 Å². The second-order valence-corrected chi connectivity index (χ2v) is 9.07. The summed E-state index contributed by atoms with van der Waals surface area (Å²) in [6.45, 7) is 23.2. The number of halogens is 4. The van der Waals surface area contributed by atoms with Crippen molar-refractivity contribution in [3.63, 3.8) is 0 Å². The number of allylic oxidation sites excluding steroid dienone is 7. The lowest BCUT2D eigenvalue weighted by Crippen LogP contribution is -2.04. The summed E-state index contributed by atoms with van der Waals surface area (Å²) < 4.78 is 57.3. The molecule has 0 amide bonds. The summed E-state index contributed by atoms with van der Waals surface area (Å²) in [5.74, 6) is -5.38. The average molecular weight is 604 g/mol. The molecule has 0 unspecified atom stereocenters. The Labute approximate surface area is 255 Å². The van der Waals surface area contributed by atoms with Crippen molar-refractivity contribution in [2.75, 3.05) is 0 Å². The summed E-state index contributed by atoms with van der Waals surface area (Å²) >= 11 is 0. The van der Waals surface area contributed by atoms with Gasteiger partial charge in [0, 0.05) is 28.8 Å². The number of pyridine rings is 2. The molecule has 0 radical (unpaired) electrons. The molecule has 0 N–H and O–H groups in total. The number of hydrogen-bond donors (Lipinski definition) is 0. The molecule has 14 heteroatoms. The Kier molecular flexibility index (Phi) is 7.13. The highest BCUT2D eigenvalue weighted by Gasteiger charge is 2.43. The van der Waals surface area contributed by atoms with E-state index in [-0.39, 0.29) is 5.56 Å². The zero-order valence-electron chi connectivity index (χ0n) is 22.3. The van der Waals surface area contributed by atoms with Crippen molar-refractivity contribution < 1.29 is 17.6 Å². The highest BCUT2D eigenvalue weighted by Crippen LogP contribution is 2.58. The van der Waals surface area contributed by atoms with Crippen LogP contribution in [0.15, 0.2) is 35.7 Å². The second kappa shape index (κ2) is 11.1. The van der Waals surface area contributed by atoms with Crippen molar-refractivity contribution >= 4 is 33.6 Å². The molecular weight excluding hydrogens is 600 g/mol. The summed E-state index contributed by atoms with van der Waals surface area (Å²) in [7, 11) is 0. The lowest BCUT2D eigenvalue weighted by Gasteiger charge is -2.16. The van der Waals surface area contributed by atoms with Gasteiger partial charge in [-0.05, 0) is 51.1 Å². The van der Waals surface area contributed by atoms with E-state index in [0.29, 0.717) is 24.3 Å². The van der Waals surface area contributed by atoms with Gasteiger partial charge in [0.25, 0.3) is 11.4 Å². The number of nitrogens with zero attached hydrogens (tertiary/aromatic N) is 10. The fourth-order valence-electron chi connectivity index (χ4n) is 5.46. The van der Waals surface area contributed by atoms with E-state index in [2.05, 4.69) is 24.5 Å². The van der Waals surface area contributed by atoms with E-state index < -0.39 is 108 Å². The highest BCUT2D eigenvalue weighted by molar-refractivity contribution is 6.31. The lowest BCUT2D eigenvalue weighted by molar-refractivity contribution is 0.511. The Morgan fingerprint density at radius 1 is 0.587 bits per heavy atom. The van der Waals surface area contributed by atoms with E-state index in [0.717, 1.165) is 0 Å². The molecule has 0 spiro atoms. The van der Waals surface area contributed by atoms with Gasteiger partial charge < -0.3 is 0 Å². The average Bonchev–Trinajstić information content (AvgIpc) is 3.54. The number of hydrogen-bond acceptors (Lipinski definition) is 7. The van der Waals surface area contributed by atoms with E-state index in [1.54, 1.807) is 18.2 Å². The third kappa shape index (κ3) is 4.11. The zero-order chi connectivity index (χ0) is 33.4. The van der Waals surface area contributed by atoms with Crippen LogP contribution in [0.5, 0.6) is 0 Å². The maximum Gasteiger partial charge on any atom is 0.270 e. The first kappa shape index (κ1) is 29.6. The van der Waals surface area contributed by atoms with Crippen LogP contribution >= 0.6 is 0 Å². The summed E-state index contributed by atoms with van der Waals surface area (Å²) in [6.07, 6.45) is 0. The normalized spacial score (nSPS) is 14.7. The van der Waals surface area contributed by atoms with E-state index in [9.17, 15) is 43.9 Å². The van der Waals surface area contributed by atoms with Crippen LogP contribution in [0.2, 0.25) is 0 Å². The first-order chi connectivity index (χ1) is 22.1. The third-order valence-electron chi connectivity index (χ3n) is 6.93. The largest absolute Gasteiger partial charge is 0.270 e. The molecule has 10 nitrogen and oxygen atoms in total. The van der Waals surface area contributed by atoms with E-state index >= 15 is 0 Å². The number of benzene rings is 1. The Morgan fingerprint density at radius 3 is 1.39 bits per heavy atom. The van der Waals surface area contributed by atoms with Gasteiger partial charge in [-0.3, -0.25) is 0 Å². The van der Waals surface area contributed by atoms with Crippen LogP contribution in [-0.4, -0.2) is 9.97 Å². The first-order valence-electron chi connectivity index (χ1n) is 12.2. The molecule has 2 aromatic heterocycles. The van der Waals surface area contributed by atoms with Gasteiger partial charge in [-0.2, -0.15) is 43.3 Å². The fraction of sp³-hybridized carbons (Fsp3) is 0. The Balaban J connectivity index is 2.13. The van der Waals surface area contributed by atoms with Gasteiger partial charge >= 0.3 is 0 Å². The molecule has 0 fully saturated rings. The molecule has 46 heavy (non-hydrogen) atoms. The van der Waals surface area contributed by atoms with Gasteiger partial charge in [0.15, 0.2) is 0 Å². The number of fused-ring (bicyclic) bond motifs is 2. The summed E-state index contributed by atoms with van der Waals surface area (Å²) in [5.41, 5.74) is -7.83. The minimum absolute atomic E-state index is 0.388. The van der Waals surface area contributed by atoms with Crippen LogP contribution < -0.4 is 0 Å². The maximum absolute atomic E-state index is 14.3. The van der Waals surface area contributed by atoms with E-state index in [1.807, 2.05) is 12.1 Å². The van der Waals surface area contributed by atoms with Crippen molar-refractivity contribution in [2.45, 2.75) is 0 Å². The van der Waals surface area contributed by atoms with Gasteiger partial charge in [-0.15, -0.1) is 0 Å². The molecule has 0 aliphatic heterocycles. The molecule has 0 bridgehead atoms. The predicted molar refractivity (Wildman–Crippen MR) is 148 cm³/mol. The maximum atomic E-state index is 14.3. The Hall–Kier alpha value is -7.88. The van der Waals surface area contributed by atoms with Gasteiger partial charge in [0.1, 0.15) is 12.1 Å². The molecule has 1 aromatic carbocycles. The van der Waals surface area contributed by atoms with Crippen LogP contribution in [-0.2, 0) is 0 Å². The monoisotopic (exact) mass is 604 g/mol. The second-order valence-electron chi connectivity index (χ2n) is 9.07. The Bertz CT molecular complexity index is 2250. The number of aromatic nitrogens is 2. The molecule has 0 saturated heterocycles. The molecule has 2 aliphatic rings. The molecule has 5 rings (SSSR count). The fourth-order valence-corrected chi connectivity index (χ4v) is 5.46. The summed E-state index contributed by atoms with van der Waals surface area (Å²) in [4.78, 5) is 15.8. The molecule has 2 aliphatic carbocycles. The molecule has 0 atom stereocenters. The standard InChI is InChI=1S/C32H4F4N10/c1-42-18(11-40)30-24(13-4-20(33)45-21(34)5-13)15(8-37)26-16(9-38)28-29(17(10-39)27(26)30)32(44-3)25(31(28)19(12-41)43-2)14-6-22(35)46-23(36)7-14/h4-7H/b30-18-,31-19+. The quantitative estimate of drug-likeness (QED) is 0.143. The number of rotatable bonds is 2. The summed E-state index contributed by atoms with van der Waals surface area (Å²) in [6, 6.07) is 11.5. The van der Waals surface area contributed by atoms with Crippen LogP contribution in [0.3, 0.4) is 0 Å². The van der Waals surface area contributed by atoms with Crippen LogP contribution in [0.1, 0.15) is 44.5 Å². The van der Waals surface area contributed by atoms with Gasteiger partial charge in [0.05, 0.1) is 54.6 Å². The minimum Gasteiger partial charge on any atom is -0.237 e. The smallest absolute Gasteiger partial charge is 0.237 e. The van der Waals surface area contributed by atoms with Crippen LogP contribution in [0.25, 0.3) is 48.1 Å². The third-order valence-corrected chi connectivity index (χ3v) is 6.93. The zero-order valence-corrected chi connectivity index (χ0v) is 22.3. The lowest BCUT2D eigenvalue weighted by atomic mass is 9.84. The van der Waals surface area contributed by atoms with Crippen molar-refractivity contribution in [1.29, 1.82) is 26.3 Å². The van der Waals surface area contributed by atoms with Gasteiger partial charge in [-0.25, -0.2) is 25.1 Å². The van der Waals surface area contributed by atoms with E-state index in [1.165, 1.54) is 0 Å². The number of nitriles is 5. The van der Waals surface area contributed by atoms with Crippen molar-refractivity contribution in [3.8, 4) is 30.3 Å². The molecule has 3 aromatic rings. The van der Waals surface area contributed by atoms with Crippen molar-refractivity contribution in [3.05, 3.63) is 138 Å². The van der Waals surface area contributed by atoms with E-state index in [4.69, 9.17) is 19.7 Å². The minimum atomic E-state index is -1.35. The summed E-state index contributed by atoms with van der Waals surface area (Å²) in [5, 5.41) is 51.2. The molecule has 0 saturated carbocycles. The molecular formula is C32H4F4N10. The van der Waals surface area contributed by atoms with Gasteiger partial charge in [0.2, 0.25) is 29.5 Å². The van der Waals surface area contributed by atoms with Crippen molar-refractivity contribution in [2.24, 2.45) is 0 Å². The predicted octanol–water partition coefficient (Wildman–Crippen LogP) is 6.33. The van der Waals surface area contributed by atoms with Crippen LogP contribution in [0.4, 0.5) is 17.6 Å². The highest BCUT2D eigenvalue weighted by atomic mass is 19.1.